The number of allylic oxidation sites excluding steroid dienone is 2. The minimum absolute atomic E-state index is 0.0882. The van der Waals surface area contributed by atoms with Crippen molar-refractivity contribution in [2.75, 3.05) is 13.2 Å². The number of aliphatic hydroxyl groups is 1. The van der Waals surface area contributed by atoms with Gasteiger partial charge in [0.2, 0.25) is 5.91 Å². The van der Waals surface area contributed by atoms with E-state index in [4.69, 9.17) is 16.7 Å². The first-order valence-corrected chi connectivity index (χ1v) is 11.2. The molecule has 0 fully saturated rings. The number of halogens is 1. The van der Waals surface area contributed by atoms with Gasteiger partial charge < -0.3 is 15.0 Å². The standard InChI is InChI=1S/C25H21ClN4O4/c1-29-12-17(16-10-14(26)6-7-18(16)29)23-20(32)11-21(33)24(23)25-15-4-2-3-5-19(15)30(28-25)13-22(34)27-8-9-31/h2-7,10,12,31H,8-9,11,13H2,1H3,(H,27,34). The fourth-order valence-electron chi connectivity index (χ4n) is 4.52. The number of carbonyl (C=O) groups is 3. The first-order chi connectivity index (χ1) is 16.4. The van der Waals surface area contributed by atoms with Gasteiger partial charge in [0.1, 0.15) is 12.2 Å². The summed E-state index contributed by atoms with van der Waals surface area (Å²) in [5.41, 5.74) is 3.12. The Kier molecular flexibility index (Phi) is 5.55. The summed E-state index contributed by atoms with van der Waals surface area (Å²) >= 11 is 6.24. The zero-order valence-corrected chi connectivity index (χ0v) is 19.1. The molecule has 1 aliphatic carbocycles. The number of rotatable bonds is 6. The molecule has 2 heterocycles. The molecule has 0 atom stereocenters. The predicted molar refractivity (Wildman–Crippen MR) is 129 cm³/mol. The van der Waals surface area contributed by atoms with Crippen LogP contribution in [0.5, 0.6) is 0 Å². The summed E-state index contributed by atoms with van der Waals surface area (Å²) in [4.78, 5) is 38.5. The van der Waals surface area contributed by atoms with E-state index < -0.39 is 0 Å². The molecule has 172 valence electrons. The largest absolute Gasteiger partial charge is 0.395 e. The lowest BCUT2D eigenvalue weighted by Gasteiger charge is -2.05. The van der Waals surface area contributed by atoms with Crippen molar-refractivity contribution < 1.29 is 19.5 Å². The molecular formula is C25H21ClN4O4. The Morgan fingerprint density at radius 1 is 1.09 bits per heavy atom. The van der Waals surface area contributed by atoms with Gasteiger partial charge in [-0.05, 0) is 24.3 Å². The van der Waals surface area contributed by atoms with Gasteiger partial charge in [0.25, 0.3) is 0 Å². The van der Waals surface area contributed by atoms with Crippen LogP contribution >= 0.6 is 11.6 Å². The van der Waals surface area contributed by atoms with Gasteiger partial charge in [-0.25, -0.2) is 0 Å². The van der Waals surface area contributed by atoms with Gasteiger partial charge in [0.15, 0.2) is 11.6 Å². The molecule has 0 unspecified atom stereocenters. The van der Waals surface area contributed by atoms with E-state index in [1.165, 1.54) is 4.68 Å². The van der Waals surface area contributed by atoms with E-state index in [0.29, 0.717) is 32.8 Å². The number of nitrogens with zero attached hydrogens (tertiary/aromatic N) is 3. The summed E-state index contributed by atoms with van der Waals surface area (Å²) in [6.07, 6.45) is 1.59. The quantitative estimate of drug-likeness (QED) is 0.416. The molecule has 1 amide bonds. The first-order valence-electron chi connectivity index (χ1n) is 10.8. The summed E-state index contributed by atoms with van der Waals surface area (Å²) in [7, 11) is 1.87. The van der Waals surface area contributed by atoms with Gasteiger partial charge in [-0.15, -0.1) is 0 Å². The van der Waals surface area contributed by atoms with Gasteiger partial charge in [0, 0.05) is 52.2 Å². The first kappa shape index (κ1) is 22.1. The monoisotopic (exact) mass is 476 g/mol. The van der Waals surface area contributed by atoms with Crippen LogP contribution in [0, 0.1) is 0 Å². The number of nitrogens with one attached hydrogen (secondary N) is 1. The smallest absolute Gasteiger partial charge is 0.241 e. The molecule has 2 N–H and O–H groups in total. The molecule has 0 saturated heterocycles. The number of aryl methyl sites for hydroxylation is 1. The van der Waals surface area contributed by atoms with Gasteiger partial charge in [-0.3, -0.25) is 19.1 Å². The number of hydrogen-bond donors (Lipinski definition) is 2. The summed E-state index contributed by atoms with van der Waals surface area (Å²) in [6.45, 7) is -0.120. The molecule has 0 saturated carbocycles. The lowest BCUT2D eigenvalue weighted by Crippen LogP contribution is -2.30. The van der Waals surface area contributed by atoms with Crippen molar-refractivity contribution in [3.8, 4) is 0 Å². The van der Waals surface area contributed by atoms with E-state index >= 15 is 0 Å². The molecule has 5 rings (SSSR count). The minimum atomic E-state index is -0.319. The van der Waals surface area contributed by atoms with Gasteiger partial charge >= 0.3 is 0 Å². The third-order valence-electron chi connectivity index (χ3n) is 5.97. The second kappa shape index (κ2) is 8.55. The third-order valence-corrected chi connectivity index (χ3v) is 6.21. The molecule has 0 aliphatic heterocycles. The number of amides is 1. The number of Topliss-reactive ketones (excluding diaryl/α,β-unsaturated/α-hetero) is 2. The number of carbonyl (C=O) groups excluding carboxylic acids is 3. The molecule has 2 aromatic heterocycles. The summed E-state index contributed by atoms with van der Waals surface area (Å²) < 4.78 is 3.40. The van der Waals surface area contributed by atoms with E-state index in [2.05, 4.69) is 10.4 Å². The average molecular weight is 477 g/mol. The predicted octanol–water partition coefficient (Wildman–Crippen LogP) is 2.74. The number of aromatic nitrogens is 3. The van der Waals surface area contributed by atoms with Crippen molar-refractivity contribution >= 4 is 62.0 Å². The van der Waals surface area contributed by atoms with Crippen LogP contribution in [0.2, 0.25) is 5.02 Å². The van der Waals surface area contributed by atoms with Crippen LogP contribution in [-0.4, -0.2) is 50.1 Å². The van der Waals surface area contributed by atoms with E-state index in [0.717, 1.165) is 10.9 Å². The van der Waals surface area contributed by atoms with Gasteiger partial charge in [0.05, 0.1) is 24.1 Å². The van der Waals surface area contributed by atoms with Crippen LogP contribution in [0.25, 0.3) is 33.0 Å². The summed E-state index contributed by atoms with van der Waals surface area (Å²) in [6, 6.07) is 12.7. The molecular weight excluding hydrogens is 456 g/mol. The van der Waals surface area contributed by atoms with E-state index in [1.54, 1.807) is 12.1 Å². The zero-order chi connectivity index (χ0) is 24.0. The normalized spacial score (nSPS) is 14.1. The number of fused-ring (bicyclic) bond motifs is 2. The van der Waals surface area contributed by atoms with E-state index in [9.17, 15) is 14.4 Å². The van der Waals surface area contributed by atoms with Crippen molar-refractivity contribution in [3.63, 3.8) is 0 Å². The molecule has 0 radical (unpaired) electrons. The fraction of sp³-hybridized carbons (Fsp3) is 0.200. The Hall–Kier alpha value is -3.75. The highest BCUT2D eigenvalue weighted by Crippen LogP contribution is 2.40. The minimum Gasteiger partial charge on any atom is -0.395 e. The molecule has 1 aliphatic rings. The zero-order valence-electron chi connectivity index (χ0n) is 18.3. The molecule has 0 spiro atoms. The Morgan fingerprint density at radius 3 is 2.65 bits per heavy atom. The van der Waals surface area contributed by atoms with Crippen molar-refractivity contribution in [1.82, 2.24) is 19.7 Å². The molecule has 4 aromatic rings. The maximum Gasteiger partial charge on any atom is 0.241 e. The van der Waals surface area contributed by atoms with E-state index in [1.807, 2.05) is 48.1 Å². The van der Waals surface area contributed by atoms with Crippen molar-refractivity contribution in [2.45, 2.75) is 13.0 Å². The second-order valence-electron chi connectivity index (χ2n) is 8.19. The average Bonchev–Trinajstić information content (AvgIpc) is 3.42. The number of hydrogen-bond acceptors (Lipinski definition) is 5. The Labute approximate surface area is 199 Å². The maximum absolute atomic E-state index is 13.1. The molecule has 0 bridgehead atoms. The van der Waals surface area contributed by atoms with Gasteiger partial charge in [-0.2, -0.15) is 5.10 Å². The highest BCUT2D eigenvalue weighted by Gasteiger charge is 2.36. The van der Waals surface area contributed by atoms with Crippen LogP contribution in [-0.2, 0) is 28.0 Å². The van der Waals surface area contributed by atoms with Crippen LogP contribution in [0.4, 0.5) is 0 Å². The van der Waals surface area contributed by atoms with Gasteiger partial charge in [-0.1, -0.05) is 29.8 Å². The number of benzene rings is 2. The lowest BCUT2D eigenvalue weighted by atomic mass is 9.97. The van der Waals surface area contributed by atoms with Crippen LogP contribution < -0.4 is 5.32 Å². The molecule has 9 heteroatoms. The number of para-hydroxylation sites is 1. The highest BCUT2D eigenvalue weighted by molar-refractivity contribution is 6.52. The van der Waals surface area contributed by atoms with Crippen LogP contribution in [0.15, 0.2) is 48.7 Å². The highest BCUT2D eigenvalue weighted by atomic mass is 35.5. The summed E-state index contributed by atoms with van der Waals surface area (Å²) in [5.74, 6) is -0.897. The van der Waals surface area contributed by atoms with Crippen LogP contribution in [0.1, 0.15) is 17.7 Å². The Bertz CT molecular complexity index is 1530. The SMILES string of the molecule is Cn1cc(C2=C(c3nn(CC(=O)NCCO)c4ccccc34)C(=O)CC2=O)c2cc(Cl)ccc21. The van der Waals surface area contributed by atoms with Crippen molar-refractivity contribution in [2.24, 2.45) is 7.05 Å². The van der Waals surface area contributed by atoms with Crippen LogP contribution in [0.3, 0.4) is 0 Å². The molecule has 34 heavy (non-hydrogen) atoms. The lowest BCUT2D eigenvalue weighted by molar-refractivity contribution is -0.122. The second-order valence-corrected chi connectivity index (χ2v) is 8.62. The van der Waals surface area contributed by atoms with Crippen molar-refractivity contribution in [3.05, 3.63) is 64.9 Å². The Balaban J connectivity index is 1.73. The molecule has 2 aromatic carbocycles. The number of ketones is 2. The fourth-order valence-corrected chi connectivity index (χ4v) is 4.69. The topological polar surface area (TPSA) is 106 Å². The van der Waals surface area contributed by atoms with Crippen molar-refractivity contribution in [1.29, 1.82) is 0 Å². The van der Waals surface area contributed by atoms with E-state index in [-0.39, 0.29) is 49.2 Å². The third kappa shape index (κ3) is 3.61. The molecule has 8 nitrogen and oxygen atoms in total. The number of aliphatic hydroxyl groups excluding tert-OH is 1. The maximum atomic E-state index is 13.1. The Morgan fingerprint density at radius 2 is 1.85 bits per heavy atom. The summed E-state index contributed by atoms with van der Waals surface area (Å²) in [5, 5.41) is 18.2.